The number of ether oxygens (including phenoxy) is 1. The summed E-state index contributed by atoms with van der Waals surface area (Å²) in [6.07, 6.45) is 1.85. The van der Waals surface area contributed by atoms with Crippen molar-refractivity contribution in [3.8, 4) is 5.75 Å². The maximum absolute atomic E-state index is 5.31. The molecule has 0 bridgehead atoms. The minimum Gasteiger partial charge on any atom is -0.496 e. The zero-order chi connectivity index (χ0) is 15.2. The second-order valence-electron chi connectivity index (χ2n) is 4.97. The Morgan fingerprint density at radius 3 is 2.67 bits per heavy atom. The van der Waals surface area contributed by atoms with Crippen LogP contribution in [0.15, 0.2) is 47.1 Å². The van der Waals surface area contributed by atoms with Crippen molar-refractivity contribution in [3.05, 3.63) is 58.3 Å². The molecule has 2 rings (SSSR count). The lowest BCUT2D eigenvalue weighted by Gasteiger charge is -2.25. The van der Waals surface area contributed by atoms with Crippen LogP contribution in [0.3, 0.4) is 0 Å². The molecular formula is C17H21BrN2O. The third-order valence-electron chi connectivity index (χ3n) is 3.61. The van der Waals surface area contributed by atoms with Gasteiger partial charge in [0.05, 0.1) is 11.6 Å². The van der Waals surface area contributed by atoms with E-state index < -0.39 is 0 Å². The highest BCUT2D eigenvalue weighted by Crippen LogP contribution is 2.34. The van der Waals surface area contributed by atoms with E-state index in [1.54, 1.807) is 7.11 Å². The lowest BCUT2D eigenvalue weighted by molar-refractivity contribution is 0.411. The van der Waals surface area contributed by atoms with Crippen LogP contribution in [0.4, 0.5) is 0 Å². The summed E-state index contributed by atoms with van der Waals surface area (Å²) in [5, 5.41) is 3.56. The van der Waals surface area contributed by atoms with Crippen LogP contribution in [-0.4, -0.2) is 18.6 Å². The molecule has 1 aromatic heterocycles. The quantitative estimate of drug-likeness (QED) is 0.844. The molecule has 2 unspecified atom stereocenters. The molecule has 1 N–H and O–H groups in total. The molecule has 0 saturated heterocycles. The van der Waals surface area contributed by atoms with Crippen molar-refractivity contribution in [2.45, 2.75) is 25.8 Å². The molecule has 1 aromatic carbocycles. The van der Waals surface area contributed by atoms with Crippen LogP contribution in [0.1, 0.15) is 37.1 Å². The summed E-state index contributed by atoms with van der Waals surface area (Å²) in [6, 6.07) is 12.5. The Bertz CT molecular complexity index is 574. The average Bonchev–Trinajstić information content (AvgIpc) is 2.52. The molecule has 2 atom stereocenters. The molecule has 0 amide bonds. The Morgan fingerprint density at radius 2 is 2.10 bits per heavy atom. The first-order chi connectivity index (χ1) is 10.2. The Labute approximate surface area is 134 Å². The minimum atomic E-state index is 0.215. The van der Waals surface area contributed by atoms with Gasteiger partial charge in [0.2, 0.25) is 0 Å². The van der Waals surface area contributed by atoms with Crippen LogP contribution in [0.5, 0.6) is 5.75 Å². The van der Waals surface area contributed by atoms with Crippen LogP contribution in [0.2, 0.25) is 0 Å². The Balaban J connectivity index is 2.32. The number of nitrogens with one attached hydrogen (secondary N) is 1. The smallest absolute Gasteiger partial charge is 0.133 e. The van der Waals surface area contributed by atoms with Crippen molar-refractivity contribution >= 4 is 15.9 Å². The van der Waals surface area contributed by atoms with Gasteiger partial charge in [-0.25, -0.2) is 0 Å². The maximum Gasteiger partial charge on any atom is 0.133 e. The van der Waals surface area contributed by atoms with Gasteiger partial charge >= 0.3 is 0 Å². The normalized spacial score (nSPS) is 13.7. The zero-order valence-electron chi connectivity index (χ0n) is 12.6. The van der Waals surface area contributed by atoms with E-state index in [0.29, 0.717) is 0 Å². The van der Waals surface area contributed by atoms with E-state index in [9.17, 15) is 0 Å². The van der Waals surface area contributed by atoms with Gasteiger partial charge in [-0.3, -0.25) is 4.98 Å². The number of halogens is 1. The van der Waals surface area contributed by atoms with E-state index >= 15 is 0 Å². The number of nitrogens with zero attached hydrogens (tertiary/aromatic N) is 1. The van der Waals surface area contributed by atoms with E-state index in [0.717, 1.165) is 22.5 Å². The average molecular weight is 349 g/mol. The van der Waals surface area contributed by atoms with Gasteiger partial charge in [0, 0.05) is 23.9 Å². The molecule has 4 heteroatoms. The number of benzene rings is 1. The van der Waals surface area contributed by atoms with Gasteiger partial charge < -0.3 is 10.1 Å². The van der Waals surface area contributed by atoms with Gasteiger partial charge in [0.1, 0.15) is 5.75 Å². The van der Waals surface area contributed by atoms with Crippen molar-refractivity contribution < 1.29 is 4.74 Å². The molecule has 0 aliphatic carbocycles. The molecule has 0 saturated carbocycles. The van der Waals surface area contributed by atoms with Crippen LogP contribution in [-0.2, 0) is 0 Å². The maximum atomic E-state index is 5.31. The Kier molecular flexibility index (Phi) is 5.76. The number of aromatic nitrogens is 1. The first-order valence-electron chi connectivity index (χ1n) is 7.15. The van der Waals surface area contributed by atoms with Gasteiger partial charge in [-0.15, -0.1) is 0 Å². The third kappa shape index (κ3) is 3.83. The minimum absolute atomic E-state index is 0.215. The summed E-state index contributed by atoms with van der Waals surface area (Å²) < 4.78 is 6.28. The highest BCUT2D eigenvalue weighted by atomic mass is 79.9. The van der Waals surface area contributed by atoms with Crippen LogP contribution in [0.25, 0.3) is 0 Å². The van der Waals surface area contributed by atoms with Crippen LogP contribution >= 0.6 is 15.9 Å². The number of rotatable bonds is 6. The first-order valence-corrected chi connectivity index (χ1v) is 7.94. The zero-order valence-corrected chi connectivity index (χ0v) is 14.2. The standard InChI is InChI=1S/C17H21BrN2O/c1-4-19-17(12(2)15-7-5-6-10-20-15)13-8-9-16(21-3)14(18)11-13/h5-12,17,19H,4H2,1-3H3. The summed E-state index contributed by atoms with van der Waals surface area (Å²) >= 11 is 3.56. The fourth-order valence-corrected chi connectivity index (χ4v) is 3.05. The van der Waals surface area contributed by atoms with E-state index in [-0.39, 0.29) is 12.0 Å². The molecule has 0 radical (unpaired) electrons. The largest absolute Gasteiger partial charge is 0.496 e. The second kappa shape index (κ2) is 7.57. The topological polar surface area (TPSA) is 34.1 Å². The highest BCUT2D eigenvalue weighted by Gasteiger charge is 2.21. The Hall–Kier alpha value is -1.39. The molecule has 1 heterocycles. The molecule has 112 valence electrons. The summed E-state index contributed by atoms with van der Waals surface area (Å²) in [5.41, 5.74) is 2.32. The molecule has 0 aliphatic heterocycles. The third-order valence-corrected chi connectivity index (χ3v) is 4.23. The fraction of sp³-hybridized carbons (Fsp3) is 0.353. The van der Waals surface area contributed by atoms with Gasteiger partial charge in [-0.1, -0.05) is 26.0 Å². The van der Waals surface area contributed by atoms with Gasteiger partial charge in [0.15, 0.2) is 0 Å². The van der Waals surface area contributed by atoms with Crippen molar-refractivity contribution in [1.82, 2.24) is 10.3 Å². The van der Waals surface area contributed by atoms with E-state index in [2.05, 4.69) is 58.3 Å². The first kappa shape index (κ1) is 16.0. The van der Waals surface area contributed by atoms with Gasteiger partial charge in [-0.05, 0) is 52.3 Å². The van der Waals surface area contributed by atoms with Crippen molar-refractivity contribution in [2.24, 2.45) is 0 Å². The van der Waals surface area contributed by atoms with Gasteiger partial charge in [-0.2, -0.15) is 0 Å². The Morgan fingerprint density at radius 1 is 1.29 bits per heavy atom. The second-order valence-corrected chi connectivity index (χ2v) is 5.83. The molecule has 2 aromatic rings. The number of likely N-dealkylation sites (N-methyl/N-ethyl adjacent to an activating group) is 1. The monoisotopic (exact) mass is 348 g/mol. The summed E-state index contributed by atoms with van der Waals surface area (Å²) in [6.45, 7) is 5.23. The fourth-order valence-electron chi connectivity index (χ4n) is 2.50. The summed E-state index contributed by atoms with van der Waals surface area (Å²) in [5.74, 6) is 1.13. The van der Waals surface area contributed by atoms with Crippen molar-refractivity contribution in [2.75, 3.05) is 13.7 Å². The molecule has 0 aliphatic rings. The van der Waals surface area contributed by atoms with E-state index in [1.807, 2.05) is 24.4 Å². The number of hydrogen-bond acceptors (Lipinski definition) is 3. The summed E-state index contributed by atoms with van der Waals surface area (Å²) in [4.78, 5) is 4.49. The molecule has 0 fully saturated rings. The number of methoxy groups -OCH3 is 1. The molecule has 21 heavy (non-hydrogen) atoms. The lowest BCUT2D eigenvalue weighted by atomic mass is 9.91. The van der Waals surface area contributed by atoms with Crippen LogP contribution < -0.4 is 10.1 Å². The van der Waals surface area contributed by atoms with Gasteiger partial charge in [0.25, 0.3) is 0 Å². The summed E-state index contributed by atoms with van der Waals surface area (Å²) in [7, 11) is 1.68. The van der Waals surface area contributed by atoms with E-state index in [4.69, 9.17) is 4.74 Å². The SMILES string of the molecule is CCNC(c1ccc(OC)c(Br)c1)C(C)c1ccccn1. The van der Waals surface area contributed by atoms with Crippen molar-refractivity contribution in [1.29, 1.82) is 0 Å². The van der Waals surface area contributed by atoms with E-state index in [1.165, 1.54) is 5.56 Å². The number of pyridine rings is 1. The highest BCUT2D eigenvalue weighted by molar-refractivity contribution is 9.10. The molecule has 3 nitrogen and oxygen atoms in total. The molecule has 0 spiro atoms. The molecular weight excluding hydrogens is 328 g/mol. The van der Waals surface area contributed by atoms with Crippen LogP contribution in [0, 0.1) is 0 Å². The van der Waals surface area contributed by atoms with Crippen molar-refractivity contribution in [3.63, 3.8) is 0 Å². The predicted octanol–water partition coefficient (Wildman–Crippen LogP) is 4.31. The lowest BCUT2D eigenvalue weighted by Crippen LogP contribution is -2.26. The predicted molar refractivity (Wildman–Crippen MR) is 89.8 cm³/mol. The number of hydrogen-bond donors (Lipinski definition) is 1.